The number of hydrogen-bond donors (Lipinski definition) is 1. The van der Waals surface area contributed by atoms with Gasteiger partial charge in [0.25, 0.3) is 0 Å². The first-order valence-corrected chi connectivity index (χ1v) is 6.67. The molecule has 2 rings (SSSR count). The van der Waals surface area contributed by atoms with Crippen LogP contribution in [0.1, 0.15) is 17.2 Å². The summed E-state index contributed by atoms with van der Waals surface area (Å²) in [5, 5.41) is 11.1. The number of rotatable bonds is 5. The monoisotopic (exact) mass is 292 g/mol. The molecular formula is C16H17ClO3. The normalized spacial score (nSPS) is 12.0. The summed E-state index contributed by atoms with van der Waals surface area (Å²) in [6.45, 7) is 0. The summed E-state index contributed by atoms with van der Waals surface area (Å²) in [5.74, 6) is 1.18. The Labute approximate surface area is 123 Å². The second kappa shape index (κ2) is 6.64. The Morgan fingerprint density at radius 2 is 1.75 bits per heavy atom. The zero-order valence-electron chi connectivity index (χ0n) is 11.5. The van der Waals surface area contributed by atoms with Gasteiger partial charge in [-0.1, -0.05) is 35.9 Å². The average Bonchev–Trinajstić information content (AvgIpc) is 2.48. The molecule has 4 heteroatoms. The summed E-state index contributed by atoms with van der Waals surface area (Å²) in [7, 11) is 3.14. The van der Waals surface area contributed by atoms with Crippen molar-refractivity contribution in [2.24, 2.45) is 0 Å². The van der Waals surface area contributed by atoms with Crippen molar-refractivity contribution in [2.45, 2.75) is 12.5 Å². The molecule has 0 aliphatic carbocycles. The van der Waals surface area contributed by atoms with Crippen molar-refractivity contribution in [3.63, 3.8) is 0 Å². The highest BCUT2D eigenvalue weighted by Gasteiger charge is 2.17. The molecule has 0 saturated heterocycles. The first kappa shape index (κ1) is 14.7. The molecule has 1 atom stereocenters. The van der Waals surface area contributed by atoms with Gasteiger partial charge < -0.3 is 14.6 Å². The Morgan fingerprint density at radius 1 is 1.05 bits per heavy atom. The fourth-order valence-corrected chi connectivity index (χ4v) is 2.25. The van der Waals surface area contributed by atoms with E-state index in [2.05, 4.69) is 0 Å². The van der Waals surface area contributed by atoms with Gasteiger partial charge in [-0.05, 0) is 23.8 Å². The Hall–Kier alpha value is -1.71. The lowest BCUT2D eigenvalue weighted by atomic mass is 10.0. The molecule has 20 heavy (non-hydrogen) atoms. The number of methoxy groups -OCH3 is 2. The van der Waals surface area contributed by atoms with E-state index in [1.165, 1.54) is 0 Å². The summed E-state index contributed by atoms with van der Waals surface area (Å²) in [6.07, 6.45) is -0.179. The van der Waals surface area contributed by atoms with Gasteiger partial charge >= 0.3 is 0 Å². The van der Waals surface area contributed by atoms with Gasteiger partial charge in [0.15, 0.2) is 11.5 Å². The summed E-state index contributed by atoms with van der Waals surface area (Å²) in [6, 6.07) is 12.9. The third-order valence-electron chi connectivity index (χ3n) is 3.13. The van der Waals surface area contributed by atoms with Crippen molar-refractivity contribution >= 4 is 11.6 Å². The van der Waals surface area contributed by atoms with Crippen LogP contribution in [0.3, 0.4) is 0 Å². The highest BCUT2D eigenvalue weighted by atomic mass is 35.5. The van der Waals surface area contributed by atoms with Crippen molar-refractivity contribution in [3.8, 4) is 11.5 Å². The minimum atomic E-state index is -0.666. The molecule has 1 unspecified atom stereocenters. The van der Waals surface area contributed by atoms with E-state index in [0.717, 1.165) is 5.56 Å². The molecule has 1 N–H and O–H groups in total. The molecule has 2 aromatic carbocycles. The minimum Gasteiger partial charge on any atom is -0.493 e. The van der Waals surface area contributed by atoms with Gasteiger partial charge in [0, 0.05) is 17.0 Å². The third-order valence-corrected chi connectivity index (χ3v) is 3.39. The van der Waals surface area contributed by atoms with Crippen LogP contribution in [-0.4, -0.2) is 19.3 Å². The van der Waals surface area contributed by atoms with Crippen molar-refractivity contribution in [3.05, 3.63) is 58.6 Å². The number of para-hydroxylation sites is 1. The quantitative estimate of drug-likeness (QED) is 0.914. The first-order valence-electron chi connectivity index (χ1n) is 6.29. The van der Waals surface area contributed by atoms with Crippen molar-refractivity contribution in [1.29, 1.82) is 0 Å². The Bertz CT molecular complexity index is 566. The zero-order chi connectivity index (χ0) is 14.5. The second-order valence-corrected chi connectivity index (χ2v) is 4.87. The molecular weight excluding hydrogens is 276 g/mol. The zero-order valence-corrected chi connectivity index (χ0v) is 12.2. The molecule has 0 bridgehead atoms. The maximum atomic E-state index is 10.4. The molecule has 0 radical (unpaired) electrons. The predicted molar refractivity (Wildman–Crippen MR) is 79.7 cm³/mol. The van der Waals surface area contributed by atoms with Crippen molar-refractivity contribution in [2.75, 3.05) is 14.2 Å². The Kier molecular flexibility index (Phi) is 4.88. The van der Waals surface area contributed by atoms with Crippen LogP contribution >= 0.6 is 11.6 Å². The maximum Gasteiger partial charge on any atom is 0.166 e. The van der Waals surface area contributed by atoms with E-state index in [-0.39, 0.29) is 0 Å². The molecule has 0 saturated carbocycles. The van der Waals surface area contributed by atoms with Gasteiger partial charge in [-0.3, -0.25) is 0 Å². The molecule has 3 nitrogen and oxygen atoms in total. The number of hydrogen-bond acceptors (Lipinski definition) is 3. The highest BCUT2D eigenvalue weighted by molar-refractivity contribution is 6.30. The van der Waals surface area contributed by atoms with Crippen LogP contribution in [0.4, 0.5) is 0 Å². The largest absolute Gasteiger partial charge is 0.493 e. The summed E-state index contributed by atoms with van der Waals surface area (Å²) in [5.41, 5.74) is 1.72. The SMILES string of the molecule is COc1cccc(C(O)Cc2ccc(Cl)cc2)c1OC. The summed E-state index contributed by atoms with van der Waals surface area (Å²) in [4.78, 5) is 0. The predicted octanol–water partition coefficient (Wildman–Crippen LogP) is 3.63. The van der Waals surface area contributed by atoms with E-state index in [4.69, 9.17) is 21.1 Å². The van der Waals surface area contributed by atoms with Crippen LogP contribution in [0.2, 0.25) is 5.02 Å². The lowest BCUT2D eigenvalue weighted by Gasteiger charge is -2.17. The fraction of sp³-hybridized carbons (Fsp3) is 0.250. The molecule has 0 amide bonds. The van der Waals surface area contributed by atoms with Gasteiger partial charge in [-0.25, -0.2) is 0 Å². The van der Waals surface area contributed by atoms with E-state index >= 15 is 0 Å². The average molecular weight is 293 g/mol. The van der Waals surface area contributed by atoms with E-state index in [0.29, 0.717) is 28.5 Å². The molecule has 0 spiro atoms. The van der Waals surface area contributed by atoms with Gasteiger partial charge in [0.05, 0.1) is 20.3 Å². The van der Waals surface area contributed by atoms with Gasteiger partial charge in [0.1, 0.15) is 0 Å². The smallest absolute Gasteiger partial charge is 0.166 e. The number of ether oxygens (including phenoxy) is 2. The fourth-order valence-electron chi connectivity index (χ4n) is 2.13. The van der Waals surface area contributed by atoms with Crippen LogP contribution < -0.4 is 9.47 Å². The third kappa shape index (κ3) is 3.24. The minimum absolute atomic E-state index is 0.487. The topological polar surface area (TPSA) is 38.7 Å². The Balaban J connectivity index is 2.24. The summed E-state index contributed by atoms with van der Waals surface area (Å²) < 4.78 is 10.6. The van der Waals surface area contributed by atoms with Crippen molar-refractivity contribution < 1.29 is 14.6 Å². The first-order chi connectivity index (χ1) is 9.65. The van der Waals surface area contributed by atoms with Crippen molar-refractivity contribution in [1.82, 2.24) is 0 Å². The standard InChI is InChI=1S/C16H17ClO3/c1-19-15-5-3-4-13(16(15)20-2)14(18)10-11-6-8-12(17)9-7-11/h3-9,14,18H,10H2,1-2H3. The number of halogens is 1. The van der Waals surface area contributed by atoms with Gasteiger partial charge in [-0.15, -0.1) is 0 Å². The van der Waals surface area contributed by atoms with E-state index in [1.807, 2.05) is 36.4 Å². The lowest BCUT2D eigenvalue weighted by Crippen LogP contribution is -2.05. The molecule has 2 aromatic rings. The Morgan fingerprint density at radius 3 is 2.35 bits per heavy atom. The van der Waals surface area contributed by atoms with Crippen LogP contribution in [0.25, 0.3) is 0 Å². The van der Waals surface area contributed by atoms with Crippen LogP contribution in [0.5, 0.6) is 11.5 Å². The van der Waals surface area contributed by atoms with Crippen LogP contribution in [-0.2, 0) is 6.42 Å². The molecule has 0 aliphatic rings. The van der Waals surface area contributed by atoms with E-state index < -0.39 is 6.10 Å². The second-order valence-electron chi connectivity index (χ2n) is 4.43. The number of benzene rings is 2. The summed E-state index contributed by atoms with van der Waals surface area (Å²) >= 11 is 5.85. The van der Waals surface area contributed by atoms with Crippen LogP contribution in [0.15, 0.2) is 42.5 Å². The van der Waals surface area contributed by atoms with E-state index in [1.54, 1.807) is 20.3 Å². The van der Waals surface area contributed by atoms with E-state index in [9.17, 15) is 5.11 Å². The number of aliphatic hydroxyl groups is 1. The highest BCUT2D eigenvalue weighted by Crippen LogP contribution is 2.35. The molecule has 0 aromatic heterocycles. The maximum absolute atomic E-state index is 10.4. The molecule has 0 aliphatic heterocycles. The lowest BCUT2D eigenvalue weighted by molar-refractivity contribution is 0.173. The number of aliphatic hydroxyl groups excluding tert-OH is 1. The molecule has 0 fully saturated rings. The molecule has 0 heterocycles. The van der Waals surface area contributed by atoms with Crippen LogP contribution in [0, 0.1) is 0 Å². The van der Waals surface area contributed by atoms with Gasteiger partial charge in [-0.2, -0.15) is 0 Å². The molecule has 106 valence electrons. The van der Waals surface area contributed by atoms with Gasteiger partial charge in [0.2, 0.25) is 0 Å².